The predicted molar refractivity (Wildman–Crippen MR) is 43.2 cm³/mol. The van der Waals surface area contributed by atoms with Gasteiger partial charge in [-0.05, 0) is 17.6 Å². The van der Waals surface area contributed by atoms with Gasteiger partial charge in [0.25, 0.3) is 0 Å². The summed E-state index contributed by atoms with van der Waals surface area (Å²) >= 11 is 5.02. The molecule has 0 saturated carbocycles. The molecule has 0 radical (unpaired) electrons. The number of carbonyl (C=O) groups excluding carboxylic acids is 1. The highest BCUT2D eigenvalue weighted by Crippen LogP contribution is 2.13. The maximum atomic E-state index is 10.4. The van der Waals surface area contributed by atoms with Crippen molar-refractivity contribution in [2.24, 2.45) is 5.73 Å². The molecule has 1 heterocycles. The third kappa shape index (κ3) is 1.39. The molecule has 0 atom stereocenters. The number of urea groups is 1. The highest BCUT2D eigenvalue weighted by atomic mass is 32.1. The Balaban J connectivity index is 2.77. The molecular weight excluding hydrogens is 170 g/mol. The molecule has 0 unspecified atom stereocenters. The molecule has 4 nitrogen and oxygen atoms in total. The van der Waals surface area contributed by atoms with Crippen LogP contribution in [0.5, 0.6) is 0 Å². The van der Waals surface area contributed by atoms with Crippen molar-refractivity contribution in [1.82, 2.24) is 4.37 Å². The molecule has 1 aromatic rings. The summed E-state index contributed by atoms with van der Waals surface area (Å²) in [5.41, 5.74) is 4.90. The van der Waals surface area contributed by atoms with Crippen molar-refractivity contribution in [3.8, 4) is 0 Å². The number of hydrogen-bond donors (Lipinski definition) is 2. The zero-order valence-electron chi connectivity index (χ0n) is 4.89. The zero-order chi connectivity index (χ0) is 7.56. The van der Waals surface area contributed by atoms with E-state index in [0.717, 1.165) is 4.31 Å². The number of aromatic nitrogens is 1. The molecule has 54 valence electrons. The standard InChI is InChI=1S/C4H5N3OS2/c5-4(8)7(9)3-1-2-10-6-3/h1-2,9H,(H2,5,8). The molecule has 0 fully saturated rings. The van der Waals surface area contributed by atoms with Gasteiger partial charge in [-0.1, -0.05) is 12.8 Å². The van der Waals surface area contributed by atoms with Gasteiger partial charge < -0.3 is 5.73 Å². The molecule has 0 bridgehead atoms. The molecule has 0 aliphatic rings. The second-order valence-corrected chi connectivity index (χ2v) is 2.57. The first-order valence-corrected chi connectivity index (χ1v) is 3.64. The van der Waals surface area contributed by atoms with Crippen LogP contribution in [-0.2, 0) is 0 Å². The van der Waals surface area contributed by atoms with Crippen molar-refractivity contribution in [3.63, 3.8) is 0 Å². The monoisotopic (exact) mass is 175 g/mol. The number of carbonyl (C=O) groups is 1. The number of nitrogens with two attached hydrogens (primary N) is 1. The average molecular weight is 175 g/mol. The smallest absolute Gasteiger partial charge is 0.330 e. The molecule has 1 rings (SSSR count). The Bertz CT molecular complexity index is 222. The fourth-order valence-corrected chi connectivity index (χ4v) is 1.09. The third-order valence-electron chi connectivity index (χ3n) is 0.850. The van der Waals surface area contributed by atoms with Crippen molar-refractivity contribution in [2.45, 2.75) is 0 Å². The van der Waals surface area contributed by atoms with Crippen molar-refractivity contribution in [3.05, 3.63) is 11.4 Å². The van der Waals surface area contributed by atoms with E-state index in [9.17, 15) is 4.79 Å². The van der Waals surface area contributed by atoms with E-state index in [4.69, 9.17) is 5.73 Å². The maximum Gasteiger partial charge on any atom is 0.330 e. The first-order valence-electron chi connectivity index (χ1n) is 2.40. The molecule has 1 aromatic heterocycles. The Kier molecular flexibility index (Phi) is 2.13. The lowest BCUT2D eigenvalue weighted by molar-refractivity contribution is 0.257. The van der Waals surface area contributed by atoms with E-state index in [1.807, 2.05) is 0 Å². The fourth-order valence-electron chi connectivity index (χ4n) is 0.428. The topological polar surface area (TPSA) is 59.2 Å². The lowest BCUT2D eigenvalue weighted by Crippen LogP contribution is -2.27. The summed E-state index contributed by atoms with van der Waals surface area (Å²) in [5, 5.41) is 1.74. The van der Waals surface area contributed by atoms with Crippen LogP contribution >= 0.6 is 24.3 Å². The lowest BCUT2D eigenvalue weighted by Gasteiger charge is -2.06. The first-order chi connectivity index (χ1) is 4.72. The second kappa shape index (κ2) is 2.89. The predicted octanol–water partition coefficient (Wildman–Crippen LogP) is 0.873. The SMILES string of the molecule is NC(=O)N(S)c1ccsn1. The molecule has 0 spiro atoms. The van der Waals surface area contributed by atoms with Crippen LogP contribution < -0.4 is 10.0 Å². The summed E-state index contributed by atoms with van der Waals surface area (Å²) < 4.78 is 4.81. The first kappa shape index (κ1) is 7.36. The van der Waals surface area contributed by atoms with Gasteiger partial charge >= 0.3 is 6.03 Å². The normalized spacial score (nSPS) is 9.30. The molecular formula is C4H5N3OS2. The lowest BCUT2D eigenvalue weighted by atomic mass is 10.6. The summed E-state index contributed by atoms with van der Waals surface area (Å²) in [7, 11) is 0. The Labute approximate surface area is 67.3 Å². The molecule has 0 saturated heterocycles. The van der Waals surface area contributed by atoms with Crippen LogP contribution in [0.15, 0.2) is 11.4 Å². The van der Waals surface area contributed by atoms with E-state index in [1.54, 1.807) is 11.4 Å². The van der Waals surface area contributed by atoms with E-state index in [1.165, 1.54) is 11.5 Å². The van der Waals surface area contributed by atoms with E-state index >= 15 is 0 Å². The Hall–Kier alpha value is -0.750. The van der Waals surface area contributed by atoms with Crippen molar-refractivity contribution >= 4 is 36.2 Å². The van der Waals surface area contributed by atoms with Crippen LogP contribution in [-0.4, -0.2) is 10.4 Å². The Morgan fingerprint density at radius 1 is 1.90 bits per heavy atom. The van der Waals surface area contributed by atoms with Crippen molar-refractivity contribution in [2.75, 3.05) is 4.31 Å². The largest absolute Gasteiger partial charge is 0.350 e. The van der Waals surface area contributed by atoms with Crippen LogP contribution in [0.1, 0.15) is 0 Å². The number of thiol groups is 1. The molecule has 0 aromatic carbocycles. The van der Waals surface area contributed by atoms with Gasteiger partial charge in [0.15, 0.2) is 5.82 Å². The van der Waals surface area contributed by atoms with Crippen LogP contribution in [0, 0.1) is 0 Å². The number of nitrogens with zero attached hydrogens (tertiary/aromatic N) is 2. The number of hydrogen-bond acceptors (Lipinski definition) is 4. The van der Waals surface area contributed by atoms with E-state index in [2.05, 4.69) is 17.2 Å². The van der Waals surface area contributed by atoms with Gasteiger partial charge in [0, 0.05) is 5.38 Å². The van der Waals surface area contributed by atoms with Gasteiger partial charge in [-0.25, -0.2) is 9.10 Å². The van der Waals surface area contributed by atoms with Crippen LogP contribution in [0.4, 0.5) is 10.6 Å². The minimum Gasteiger partial charge on any atom is -0.350 e. The van der Waals surface area contributed by atoms with Crippen molar-refractivity contribution in [1.29, 1.82) is 0 Å². The minimum absolute atomic E-state index is 0.459. The van der Waals surface area contributed by atoms with E-state index < -0.39 is 6.03 Å². The van der Waals surface area contributed by atoms with Crippen LogP contribution in [0.3, 0.4) is 0 Å². The summed E-state index contributed by atoms with van der Waals surface area (Å²) in [4.78, 5) is 10.4. The summed E-state index contributed by atoms with van der Waals surface area (Å²) in [6, 6.07) is 1.02. The van der Waals surface area contributed by atoms with Gasteiger partial charge in [0.05, 0.1) is 0 Å². The quantitative estimate of drug-likeness (QED) is 0.622. The van der Waals surface area contributed by atoms with Crippen LogP contribution in [0.2, 0.25) is 0 Å². The van der Waals surface area contributed by atoms with Gasteiger partial charge in [-0.3, -0.25) is 0 Å². The zero-order valence-corrected chi connectivity index (χ0v) is 6.60. The summed E-state index contributed by atoms with van der Waals surface area (Å²) in [5.74, 6) is 0.459. The molecule has 2 amide bonds. The molecule has 10 heavy (non-hydrogen) atoms. The van der Waals surface area contributed by atoms with Crippen LogP contribution in [0.25, 0.3) is 0 Å². The molecule has 0 aliphatic heterocycles. The third-order valence-corrected chi connectivity index (χ3v) is 1.80. The number of rotatable bonds is 1. The molecule has 0 aliphatic carbocycles. The Morgan fingerprint density at radius 3 is 3.00 bits per heavy atom. The number of primary amides is 1. The minimum atomic E-state index is -0.630. The highest BCUT2D eigenvalue weighted by molar-refractivity contribution is 7.82. The maximum absolute atomic E-state index is 10.4. The highest BCUT2D eigenvalue weighted by Gasteiger charge is 2.07. The fraction of sp³-hybridized carbons (Fsp3) is 0. The van der Waals surface area contributed by atoms with Gasteiger partial charge in [0.2, 0.25) is 0 Å². The Morgan fingerprint density at radius 2 is 2.60 bits per heavy atom. The average Bonchev–Trinajstić information content (AvgIpc) is 2.36. The molecule has 6 heteroatoms. The van der Waals surface area contributed by atoms with E-state index in [-0.39, 0.29) is 0 Å². The number of anilines is 1. The molecule has 2 N–H and O–H groups in total. The van der Waals surface area contributed by atoms with E-state index in [0.29, 0.717) is 5.82 Å². The summed E-state index contributed by atoms with van der Waals surface area (Å²) in [6.07, 6.45) is 0. The van der Waals surface area contributed by atoms with Gasteiger partial charge in [0.1, 0.15) is 0 Å². The summed E-state index contributed by atoms with van der Waals surface area (Å²) in [6.45, 7) is 0. The number of amides is 2. The van der Waals surface area contributed by atoms with Gasteiger partial charge in [-0.2, -0.15) is 4.37 Å². The van der Waals surface area contributed by atoms with Gasteiger partial charge in [-0.15, -0.1) is 0 Å². The van der Waals surface area contributed by atoms with Crippen molar-refractivity contribution < 1.29 is 4.79 Å². The second-order valence-electron chi connectivity index (χ2n) is 1.51.